The van der Waals surface area contributed by atoms with Crippen LogP contribution in [-0.2, 0) is 22.5 Å². The second-order valence-electron chi connectivity index (χ2n) is 6.84. The molecular formula is C20H23ClFN3O2. The first-order chi connectivity index (χ1) is 12.9. The van der Waals surface area contributed by atoms with Crippen molar-refractivity contribution >= 4 is 23.3 Å². The van der Waals surface area contributed by atoms with E-state index in [1.807, 2.05) is 26.0 Å². The van der Waals surface area contributed by atoms with Gasteiger partial charge in [-0.1, -0.05) is 23.7 Å². The van der Waals surface area contributed by atoms with Crippen molar-refractivity contribution in [3.8, 4) is 0 Å². The van der Waals surface area contributed by atoms with Crippen molar-refractivity contribution in [3.05, 3.63) is 58.5 Å². The predicted molar refractivity (Wildman–Crippen MR) is 103 cm³/mol. The topological polar surface area (TPSA) is 54.5 Å². The summed E-state index contributed by atoms with van der Waals surface area (Å²) >= 11 is 5.96. The van der Waals surface area contributed by atoms with Crippen LogP contribution in [-0.4, -0.2) is 36.2 Å². The Morgan fingerprint density at radius 3 is 2.67 bits per heavy atom. The van der Waals surface area contributed by atoms with E-state index in [2.05, 4.69) is 15.2 Å². The smallest absolute Gasteiger partial charge is 0.224 e. The van der Waals surface area contributed by atoms with E-state index < -0.39 is 5.82 Å². The summed E-state index contributed by atoms with van der Waals surface area (Å²) in [6.45, 7) is 6.03. The summed E-state index contributed by atoms with van der Waals surface area (Å²) in [6.07, 6.45) is 1.98. The molecule has 7 heteroatoms. The van der Waals surface area contributed by atoms with Gasteiger partial charge in [0.15, 0.2) is 0 Å². The zero-order valence-corrected chi connectivity index (χ0v) is 16.2. The number of benzene rings is 1. The largest absolute Gasteiger partial charge is 0.372 e. The monoisotopic (exact) mass is 391 g/mol. The molecule has 1 amide bonds. The molecule has 1 aliphatic rings. The van der Waals surface area contributed by atoms with Crippen molar-refractivity contribution in [2.45, 2.75) is 39.0 Å². The maximum Gasteiger partial charge on any atom is 0.224 e. The van der Waals surface area contributed by atoms with Crippen LogP contribution in [0.3, 0.4) is 0 Å². The fourth-order valence-electron chi connectivity index (χ4n) is 3.20. The molecule has 1 N–H and O–H groups in total. The Bertz CT molecular complexity index is 770. The fraction of sp³-hybridized carbons (Fsp3) is 0.400. The van der Waals surface area contributed by atoms with Gasteiger partial charge in [0.05, 0.1) is 18.6 Å². The van der Waals surface area contributed by atoms with Gasteiger partial charge in [0.2, 0.25) is 5.91 Å². The van der Waals surface area contributed by atoms with E-state index in [1.165, 1.54) is 12.1 Å². The van der Waals surface area contributed by atoms with Crippen LogP contribution in [0.5, 0.6) is 0 Å². The van der Waals surface area contributed by atoms with Crippen molar-refractivity contribution in [1.29, 1.82) is 0 Å². The lowest BCUT2D eigenvalue weighted by Crippen LogP contribution is -2.45. The molecule has 27 heavy (non-hydrogen) atoms. The number of nitrogens with zero attached hydrogens (tertiary/aromatic N) is 2. The SMILES string of the molecule is C[C@@H]1CN(c2ccc(CNC(=O)Cc3c(F)cccc3Cl)cn2)C[C@H](C)O1. The third kappa shape index (κ3) is 5.17. The van der Waals surface area contributed by atoms with Gasteiger partial charge in [-0.25, -0.2) is 9.37 Å². The third-order valence-electron chi connectivity index (χ3n) is 4.44. The van der Waals surface area contributed by atoms with Crippen LogP contribution in [0.25, 0.3) is 0 Å². The molecule has 0 aliphatic carbocycles. The molecule has 1 aromatic heterocycles. The van der Waals surface area contributed by atoms with Gasteiger partial charge in [-0.15, -0.1) is 0 Å². The molecule has 0 spiro atoms. The summed E-state index contributed by atoms with van der Waals surface area (Å²) in [6, 6.07) is 8.26. The molecule has 0 bridgehead atoms. The van der Waals surface area contributed by atoms with Gasteiger partial charge in [0.25, 0.3) is 0 Å². The number of amides is 1. The molecule has 2 atom stereocenters. The lowest BCUT2D eigenvalue weighted by molar-refractivity contribution is -0.120. The minimum absolute atomic E-state index is 0.0967. The zero-order valence-electron chi connectivity index (χ0n) is 15.4. The minimum atomic E-state index is -0.474. The van der Waals surface area contributed by atoms with E-state index >= 15 is 0 Å². The molecule has 0 unspecified atom stereocenters. The highest BCUT2D eigenvalue weighted by Gasteiger charge is 2.23. The number of ether oxygens (including phenoxy) is 1. The number of hydrogen-bond acceptors (Lipinski definition) is 4. The number of morpholine rings is 1. The Balaban J connectivity index is 1.55. The number of anilines is 1. The first kappa shape index (κ1) is 19.6. The average Bonchev–Trinajstić information content (AvgIpc) is 2.63. The standard InChI is InChI=1S/C20H23ClFN3O2/c1-13-11-25(12-14(2)27-13)19-7-6-15(9-23-19)10-24-20(26)8-16-17(21)4-3-5-18(16)22/h3-7,9,13-14H,8,10-12H2,1-2H3,(H,24,26)/t13-,14+. The van der Waals surface area contributed by atoms with Crippen molar-refractivity contribution < 1.29 is 13.9 Å². The number of hydrogen-bond donors (Lipinski definition) is 1. The lowest BCUT2D eigenvalue weighted by atomic mass is 10.1. The first-order valence-electron chi connectivity index (χ1n) is 8.97. The molecule has 1 aliphatic heterocycles. The number of pyridine rings is 1. The Morgan fingerprint density at radius 1 is 1.30 bits per heavy atom. The van der Waals surface area contributed by atoms with E-state index in [4.69, 9.17) is 16.3 Å². The van der Waals surface area contributed by atoms with Crippen LogP contribution in [0.4, 0.5) is 10.2 Å². The summed E-state index contributed by atoms with van der Waals surface area (Å²) in [5, 5.41) is 3.03. The van der Waals surface area contributed by atoms with E-state index in [-0.39, 0.29) is 35.1 Å². The molecular weight excluding hydrogens is 369 g/mol. The maximum absolute atomic E-state index is 13.8. The fourth-order valence-corrected chi connectivity index (χ4v) is 3.43. The predicted octanol–water partition coefficient (Wildman–Crippen LogP) is 3.35. The maximum atomic E-state index is 13.8. The van der Waals surface area contributed by atoms with Gasteiger partial charge in [-0.3, -0.25) is 4.79 Å². The van der Waals surface area contributed by atoms with Gasteiger partial charge < -0.3 is 15.0 Å². The quantitative estimate of drug-likeness (QED) is 0.849. The van der Waals surface area contributed by atoms with Gasteiger partial charge in [-0.2, -0.15) is 0 Å². The van der Waals surface area contributed by atoms with Crippen LogP contribution in [0.15, 0.2) is 36.5 Å². The molecule has 5 nitrogen and oxygen atoms in total. The number of carbonyl (C=O) groups is 1. The average molecular weight is 392 g/mol. The molecule has 2 heterocycles. The summed E-state index contributed by atoms with van der Waals surface area (Å²) < 4.78 is 19.5. The van der Waals surface area contributed by atoms with Crippen LogP contribution in [0.2, 0.25) is 5.02 Å². The van der Waals surface area contributed by atoms with Crippen LogP contribution < -0.4 is 10.2 Å². The van der Waals surface area contributed by atoms with Crippen molar-refractivity contribution in [3.63, 3.8) is 0 Å². The van der Waals surface area contributed by atoms with E-state index in [0.29, 0.717) is 6.54 Å². The van der Waals surface area contributed by atoms with Crippen molar-refractivity contribution in [2.24, 2.45) is 0 Å². The highest BCUT2D eigenvalue weighted by molar-refractivity contribution is 6.31. The molecule has 1 saturated heterocycles. The molecule has 2 aromatic rings. The summed E-state index contributed by atoms with van der Waals surface area (Å²) in [7, 11) is 0. The number of nitrogens with one attached hydrogen (secondary N) is 1. The Hall–Kier alpha value is -2.18. The summed E-state index contributed by atoms with van der Waals surface area (Å²) in [5.74, 6) is 0.129. The molecule has 3 rings (SSSR count). The molecule has 144 valence electrons. The molecule has 1 fully saturated rings. The van der Waals surface area contributed by atoms with Gasteiger partial charge >= 0.3 is 0 Å². The van der Waals surface area contributed by atoms with Crippen molar-refractivity contribution in [1.82, 2.24) is 10.3 Å². The third-order valence-corrected chi connectivity index (χ3v) is 4.80. The Kier molecular flexibility index (Phi) is 6.29. The molecule has 0 radical (unpaired) electrons. The van der Waals surface area contributed by atoms with E-state index in [9.17, 15) is 9.18 Å². The molecule has 1 aromatic carbocycles. The number of halogens is 2. The summed E-state index contributed by atoms with van der Waals surface area (Å²) in [4.78, 5) is 18.8. The normalized spacial score (nSPS) is 19.8. The molecule has 0 saturated carbocycles. The second kappa shape index (κ2) is 8.67. The first-order valence-corrected chi connectivity index (χ1v) is 9.35. The van der Waals surface area contributed by atoms with Gasteiger partial charge in [0.1, 0.15) is 11.6 Å². The minimum Gasteiger partial charge on any atom is -0.372 e. The Morgan fingerprint density at radius 2 is 2.04 bits per heavy atom. The highest BCUT2D eigenvalue weighted by Crippen LogP contribution is 2.20. The van der Waals surface area contributed by atoms with E-state index in [0.717, 1.165) is 24.5 Å². The van der Waals surface area contributed by atoms with Gasteiger partial charge in [-0.05, 0) is 37.6 Å². The number of rotatable bonds is 5. The number of aromatic nitrogens is 1. The Labute approximate surface area is 163 Å². The van der Waals surface area contributed by atoms with E-state index in [1.54, 1.807) is 12.3 Å². The second-order valence-corrected chi connectivity index (χ2v) is 7.25. The van der Waals surface area contributed by atoms with Crippen LogP contribution in [0.1, 0.15) is 25.0 Å². The van der Waals surface area contributed by atoms with Gasteiger partial charge in [0, 0.05) is 36.4 Å². The van der Waals surface area contributed by atoms with Crippen molar-refractivity contribution in [2.75, 3.05) is 18.0 Å². The van der Waals surface area contributed by atoms with Crippen LogP contribution in [0, 0.1) is 5.82 Å². The highest BCUT2D eigenvalue weighted by atomic mass is 35.5. The zero-order chi connectivity index (χ0) is 19.4. The number of carbonyl (C=O) groups excluding carboxylic acids is 1. The lowest BCUT2D eigenvalue weighted by Gasteiger charge is -2.36. The summed E-state index contributed by atoms with van der Waals surface area (Å²) in [5.41, 5.74) is 1.08. The van der Waals surface area contributed by atoms with Crippen LogP contribution >= 0.6 is 11.6 Å².